The molecule has 1 rings (SSSR count). The number of anilines is 2. The molecule has 0 bridgehead atoms. The fourth-order valence-corrected chi connectivity index (χ4v) is 1.99. The van der Waals surface area contributed by atoms with Gasteiger partial charge >= 0.3 is 18.5 Å². The van der Waals surface area contributed by atoms with Crippen molar-refractivity contribution in [2.45, 2.75) is 36.7 Å². The van der Waals surface area contributed by atoms with E-state index in [9.17, 15) is 49.7 Å². The first-order chi connectivity index (χ1) is 10.8. The van der Waals surface area contributed by atoms with Crippen molar-refractivity contribution in [2.24, 2.45) is 0 Å². The van der Waals surface area contributed by atoms with E-state index in [4.69, 9.17) is 11.5 Å². The lowest BCUT2D eigenvalue weighted by atomic mass is 9.85. The van der Waals surface area contributed by atoms with Gasteiger partial charge in [-0.1, -0.05) is 0 Å². The number of nitrogens with two attached hydrogens (primary N) is 2. The van der Waals surface area contributed by atoms with E-state index in [1.807, 2.05) is 0 Å². The van der Waals surface area contributed by atoms with Gasteiger partial charge in [0.1, 0.15) is 0 Å². The van der Waals surface area contributed by atoms with E-state index in [0.717, 1.165) is 0 Å². The Kier molecular flexibility index (Phi) is 4.70. The molecule has 0 aliphatic carbocycles. The van der Waals surface area contributed by atoms with Gasteiger partial charge in [0.2, 0.25) is 0 Å². The first kappa shape index (κ1) is 21.2. The zero-order chi connectivity index (χ0) is 20.2. The number of nitrogen functional groups attached to an aromatic ring is 2. The zero-order valence-corrected chi connectivity index (χ0v) is 12.1. The average molecular weight is 386 g/mol. The van der Waals surface area contributed by atoms with Crippen molar-refractivity contribution in [3.63, 3.8) is 0 Å². The highest BCUT2D eigenvalue weighted by Gasteiger charge is 2.72. The quantitative estimate of drug-likeness (QED) is 0.465. The number of alkyl halides is 9. The van der Waals surface area contributed by atoms with Crippen LogP contribution in [0, 0.1) is 0 Å². The lowest BCUT2D eigenvalue weighted by molar-refractivity contribution is -0.376. The molecule has 0 saturated heterocycles. The van der Waals surface area contributed by atoms with Gasteiger partial charge < -0.3 is 21.7 Å². The molecule has 0 aliphatic rings. The van der Waals surface area contributed by atoms with Crippen LogP contribution >= 0.6 is 0 Å². The van der Waals surface area contributed by atoms with Gasteiger partial charge in [-0.2, -0.15) is 39.5 Å². The fourth-order valence-electron chi connectivity index (χ4n) is 1.99. The van der Waals surface area contributed by atoms with Crippen LogP contribution in [0.1, 0.15) is 18.1 Å². The van der Waals surface area contributed by atoms with E-state index < -0.39 is 52.2 Å². The van der Waals surface area contributed by atoms with Crippen molar-refractivity contribution in [1.29, 1.82) is 0 Å². The number of aliphatic hydroxyl groups is 2. The molecule has 0 amide bonds. The number of hydrogen-bond acceptors (Lipinski definition) is 4. The van der Waals surface area contributed by atoms with Crippen molar-refractivity contribution in [2.75, 3.05) is 11.5 Å². The van der Waals surface area contributed by atoms with Crippen molar-refractivity contribution >= 4 is 11.4 Å². The van der Waals surface area contributed by atoms with Crippen LogP contribution in [0.2, 0.25) is 0 Å². The van der Waals surface area contributed by atoms with E-state index in [1.165, 1.54) is 0 Å². The smallest absolute Gasteiger partial charge is 0.398 e. The predicted molar refractivity (Wildman–Crippen MR) is 66.9 cm³/mol. The van der Waals surface area contributed by atoms with Crippen molar-refractivity contribution in [1.82, 2.24) is 0 Å². The SMILES string of the molecule is CC(O)(c1cc(N)c(C(O)(C(F)(F)F)C(F)(F)F)cc1N)C(F)(F)F. The molecule has 0 saturated carbocycles. The van der Waals surface area contributed by atoms with Crippen molar-refractivity contribution in [3.8, 4) is 0 Å². The maximum Gasteiger partial charge on any atom is 0.430 e. The summed E-state index contributed by atoms with van der Waals surface area (Å²) in [7, 11) is 0. The summed E-state index contributed by atoms with van der Waals surface area (Å²) in [4.78, 5) is 0. The number of hydrogen-bond donors (Lipinski definition) is 4. The van der Waals surface area contributed by atoms with E-state index >= 15 is 0 Å². The van der Waals surface area contributed by atoms with E-state index in [2.05, 4.69) is 0 Å². The van der Waals surface area contributed by atoms with Crippen LogP contribution < -0.4 is 11.5 Å². The third-order valence-corrected chi connectivity index (χ3v) is 3.51. The maximum atomic E-state index is 12.8. The molecule has 1 aromatic rings. The Labute approximate surface area is 133 Å². The van der Waals surface area contributed by atoms with Gasteiger partial charge in [0, 0.05) is 22.5 Å². The highest BCUT2D eigenvalue weighted by molar-refractivity contribution is 5.64. The number of halogens is 9. The van der Waals surface area contributed by atoms with E-state index in [0.29, 0.717) is 0 Å². The Balaban J connectivity index is 3.76. The summed E-state index contributed by atoms with van der Waals surface area (Å²) in [6.07, 6.45) is -18.0. The summed E-state index contributed by atoms with van der Waals surface area (Å²) in [5.41, 5.74) is -5.12. The second kappa shape index (κ2) is 5.56. The Hall–Kier alpha value is -1.89. The minimum atomic E-state index is -6.31. The number of rotatable bonds is 2. The second-order valence-corrected chi connectivity index (χ2v) is 5.30. The molecule has 144 valence electrons. The van der Waals surface area contributed by atoms with Gasteiger partial charge in [-0.15, -0.1) is 0 Å². The van der Waals surface area contributed by atoms with Crippen LogP contribution in [0.5, 0.6) is 0 Å². The Bertz CT molecular complexity index is 648. The Morgan fingerprint density at radius 2 is 1.00 bits per heavy atom. The normalized spacial score (nSPS) is 16.6. The summed E-state index contributed by atoms with van der Waals surface area (Å²) < 4.78 is 115. The van der Waals surface area contributed by atoms with Crippen LogP contribution in [0.3, 0.4) is 0 Å². The van der Waals surface area contributed by atoms with Crippen LogP contribution in [0.15, 0.2) is 12.1 Å². The highest BCUT2D eigenvalue weighted by atomic mass is 19.4. The standard InChI is InChI=1S/C12H11F9N2O2/c1-8(24,10(13,14)15)4-2-7(23)5(3-6(4)22)9(25,11(16,17)18)12(19,20)21/h2-3,24-25H,22-23H2,1H3. The van der Waals surface area contributed by atoms with Gasteiger partial charge in [-0.05, 0) is 19.1 Å². The summed E-state index contributed by atoms with van der Waals surface area (Å²) in [5, 5.41) is 18.7. The minimum absolute atomic E-state index is 0.000602. The third kappa shape index (κ3) is 3.17. The first-order valence-corrected chi connectivity index (χ1v) is 6.13. The molecule has 13 heteroatoms. The monoisotopic (exact) mass is 386 g/mol. The van der Waals surface area contributed by atoms with Gasteiger partial charge in [0.25, 0.3) is 5.60 Å². The zero-order valence-electron chi connectivity index (χ0n) is 12.1. The second-order valence-electron chi connectivity index (χ2n) is 5.30. The van der Waals surface area contributed by atoms with E-state index in [1.54, 1.807) is 0 Å². The van der Waals surface area contributed by atoms with Gasteiger partial charge in [-0.25, -0.2) is 0 Å². The van der Waals surface area contributed by atoms with Crippen molar-refractivity contribution < 1.29 is 49.7 Å². The summed E-state index contributed by atoms with van der Waals surface area (Å²) in [5.74, 6) is 0. The minimum Gasteiger partial charge on any atom is -0.398 e. The lowest BCUT2D eigenvalue weighted by Gasteiger charge is -2.35. The average Bonchev–Trinajstić information content (AvgIpc) is 2.35. The van der Waals surface area contributed by atoms with Gasteiger partial charge in [0.05, 0.1) is 0 Å². The number of benzene rings is 1. The topological polar surface area (TPSA) is 92.5 Å². The molecule has 25 heavy (non-hydrogen) atoms. The fraction of sp³-hybridized carbons (Fsp3) is 0.500. The predicted octanol–water partition coefficient (Wildman–Crippen LogP) is 2.93. The molecular weight excluding hydrogens is 375 g/mol. The van der Waals surface area contributed by atoms with Gasteiger partial charge in [0.15, 0.2) is 5.60 Å². The van der Waals surface area contributed by atoms with Gasteiger partial charge in [-0.3, -0.25) is 0 Å². The van der Waals surface area contributed by atoms with Crippen LogP contribution in [0.4, 0.5) is 50.9 Å². The van der Waals surface area contributed by atoms with Crippen LogP contribution in [-0.4, -0.2) is 28.7 Å². The Morgan fingerprint density at radius 1 is 0.680 bits per heavy atom. The molecule has 0 aromatic heterocycles. The highest BCUT2D eigenvalue weighted by Crippen LogP contribution is 2.53. The molecular formula is C12H11F9N2O2. The lowest BCUT2D eigenvalue weighted by Crippen LogP contribution is -2.54. The molecule has 0 aliphatic heterocycles. The molecule has 1 unspecified atom stereocenters. The molecule has 0 heterocycles. The molecule has 0 fully saturated rings. The van der Waals surface area contributed by atoms with Crippen molar-refractivity contribution in [3.05, 3.63) is 23.3 Å². The molecule has 0 spiro atoms. The molecule has 1 aromatic carbocycles. The van der Waals surface area contributed by atoms with Crippen LogP contribution in [-0.2, 0) is 11.2 Å². The maximum absolute atomic E-state index is 12.8. The largest absolute Gasteiger partial charge is 0.430 e. The van der Waals surface area contributed by atoms with Crippen LogP contribution in [0.25, 0.3) is 0 Å². The van der Waals surface area contributed by atoms with E-state index in [-0.39, 0.29) is 19.1 Å². The first-order valence-electron chi connectivity index (χ1n) is 6.13. The summed E-state index contributed by atoms with van der Waals surface area (Å²) >= 11 is 0. The summed E-state index contributed by atoms with van der Waals surface area (Å²) in [6.45, 7) is 0.178. The Morgan fingerprint density at radius 3 is 1.32 bits per heavy atom. The molecule has 1 atom stereocenters. The molecule has 6 N–H and O–H groups in total. The summed E-state index contributed by atoms with van der Waals surface area (Å²) in [6, 6.07) is -0.202. The third-order valence-electron chi connectivity index (χ3n) is 3.51. The molecule has 0 radical (unpaired) electrons. The molecule has 4 nitrogen and oxygen atoms in total.